The van der Waals surface area contributed by atoms with Crippen molar-refractivity contribution >= 4 is 15.9 Å². The van der Waals surface area contributed by atoms with E-state index in [1.165, 1.54) is 35.7 Å². The van der Waals surface area contributed by atoms with Crippen molar-refractivity contribution in [1.29, 1.82) is 0 Å². The molecule has 2 aliphatic heterocycles. The molecule has 3 fully saturated rings. The molecule has 2 heterocycles. The van der Waals surface area contributed by atoms with Crippen molar-refractivity contribution in [2.24, 2.45) is 5.92 Å². The van der Waals surface area contributed by atoms with Crippen LogP contribution in [0, 0.1) is 11.7 Å². The Morgan fingerprint density at radius 1 is 1.09 bits per heavy atom. The summed E-state index contributed by atoms with van der Waals surface area (Å²) in [6.07, 6.45) is 5.38. The number of nitrogens with one attached hydrogen (secondary N) is 1. The van der Waals surface area contributed by atoms with Crippen LogP contribution < -0.4 is 5.32 Å². The molecule has 4 rings (SSSR count). The lowest BCUT2D eigenvalue weighted by Gasteiger charge is -2.43. The standard InChI is InChI=1S/C24H35FN2O6S/c25-18-6-9-21(10-7-18)34(30,31)27-14-19(28)15-32-16-23-22(27)11-8-20(33-23)12-24(29)26-13-17-4-2-1-3-5-17/h6-7,9-10,17,19-20,22-23,28H,1-5,8,11-16H2,(H,26,29)/t19-,20-,22-,23+/m1/s1. The molecule has 0 aromatic heterocycles. The number of benzene rings is 1. The number of hydrogen-bond donors (Lipinski definition) is 2. The monoisotopic (exact) mass is 498 g/mol. The van der Waals surface area contributed by atoms with Gasteiger partial charge in [0.15, 0.2) is 0 Å². The quantitative estimate of drug-likeness (QED) is 0.623. The summed E-state index contributed by atoms with van der Waals surface area (Å²) in [4.78, 5) is 12.5. The fraction of sp³-hybridized carbons (Fsp3) is 0.708. The first-order valence-corrected chi connectivity index (χ1v) is 13.7. The minimum absolute atomic E-state index is 0.0193. The molecule has 1 saturated carbocycles. The van der Waals surface area contributed by atoms with Crippen molar-refractivity contribution in [3.8, 4) is 0 Å². The zero-order valence-electron chi connectivity index (χ0n) is 19.4. The summed E-state index contributed by atoms with van der Waals surface area (Å²) in [5.41, 5.74) is 0. The molecular weight excluding hydrogens is 463 g/mol. The number of carbonyl (C=O) groups excluding carboxylic acids is 1. The Labute approximate surface area is 200 Å². The zero-order chi connectivity index (χ0) is 24.1. The van der Waals surface area contributed by atoms with E-state index < -0.39 is 34.1 Å². The van der Waals surface area contributed by atoms with Gasteiger partial charge >= 0.3 is 0 Å². The van der Waals surface area contributed by atoms with Gasteiger partial charge in [-0.15, -0.1) is 0 Å². The molecule has 1 amide bonds. The highest BCUT2D eigenvalue weighted by Gasteiger charge is 2.43. The maximum atomic E-state index is 13.4. The third-order valence-electron chi connectivity index (χ3n) is 7.08. The van der Waals surface area contributed by atoms with Gasteiger partial charge in [-0.2, -0.15) is 4.31 Å². The van der Waals surface area contributed by atoms with E-state index in [9.17, 15) is 22.7 Å². The summed E-state index contributed by atoms with van der Waals surface area (Å²) in [5, 5.41) is 13.3. The van der Waals surface area contributed by atoms with E-state index in [2.05, 4.69) is 5.32 Å². The van der Waals surface area contributed by atoms with Gasteiger partial charge in [0.1, 0.15) is 5.82 Å². The number of ether oxygens (including phenoxy) is 2. The highest BCUT2D eigenvalue weighted by atomic mass is 32.2. The Bertz CT molecular complexity index is 922. The molecule has 1 aromatic carbocycles. The minimum Gasteiger partial charge on any atom is -0.389 e. The van der Waals surface area contributed by atoms with Crippen molar-refractivity contribution in [2.45, 2.75) is 80.6 Å². The first kappa shape index (κ1) is 25.5. The van der Waals surface area contributed by atoms with E-state index in [4.69, 9.17) is 9.47 Å². The van der Waals surface area contributed by atoms with Crippen molar-refractivity contribution in [3.63, 3.8) is 0 Å². The number of rotatable bonds is 6. The van der Waals surface area contributed by atoms with Gasteiger partial charge in [0.05, 0.1) is 48.9 Å². The lowest BCUT2D eigenvalue weighted by Crippen LogP contribution is -2.57. The molecule has 2 saturated heterocycles. The molecule has 190 valence electrons. The number of carbonyl (C=O) groups is 1. The van der Waals surface area contributed by atoms with Crippen molar-refractivity contribution in [2.75, 3.05) is 26.3 Å². The first-order valence-electron chi connectivity index (χ1n) is 12.3. The molecule has 1 aliphatic carbocycles. The van der Waals surface area contributed by atoms with Crippen LogP contribution in [0.3, 0.4) is 0 Å². The van der Waals surface area contributed by atoms with Gasteiger partial charge in [0, 0.05) is 13.1 Å². The van der Waals surface area contributed by atoms with Crippen LogP contribution in [-0.2, 0) is 24.3 Å². The van der Waals surface area contributed by atoms with Crippen molar-refractivity contribution in [1.82, 2.24) is 9.62 Å². The predicted octanol–water partition coefficient (Wildman–Crippen LogP) is 2.21. The van der Waals surface area contributed by atoms with Crippen molar-refractivity contribution in [3.05, 3.63) is 30.1 Å². The van der Waals surface area contributed by atoms with Gasteiger partial charge in [-0.3, -0.25) is 4.79 Å². The van der Waals surface area contributed by atoms with E-state index >= 15 is 0 Å². The van der Waals surface area contributed by atoms with E-state index in [-0.39, 0.29) is 43.1 Å². The fourth-order valence-electron chi connectivity index (χ4n) is 5.24. The molecule has 0 bridgehead atoms. The predicted molar refractivity (Wildman–Crippen MR) is 123 cm³/mol. The maximum Gasteiger partial charge on any atom is 0.243 e. The van der Waals surface area contributed by atoms with Crippen LogP contribution in [0.4, 0.5) is 4.39 Å². The van der Waals surface area contributed by atoms with E-state index in [1.807, 2.05) is 0 Å². The average molecular weight is 499 g/mol. The minimum atomic E-state index is -3.99. The lowest BCUT2D eigenvalue weighted by atomic mass is 9.89. The summed E-state index contributed by atoms with van der Waals surface area (Å²) in [6.45, 7) is 0.658. The molecule has 8 nitrogen and oxygen atoms in total. The smallest absolute Gasteiger partial charge is 0.243 e. The molecule has 0 radical (unpaired) electrons. The lowest BCUT2D eigenvalue weighted by molar-refractivity contribution is -0.146. The number of halogens is 1. The molecule has 3 aliphatic rings. The van der Waals surface area contributed by atoms with Crippen LogP contribution in [-0.4, -0.2) is 74.4 Å². The van der Waals surface area contributed by atoms with Gasteiger partial charge in [-0.1, -0.05) is 19.3 Å². The van der Waals surface area contributed by atoms with Crippen LogP contribution in [0.5, 0.6) is 0 Å². The van der Waals surface area contributed by atoms with Gasteiger partial charge in [-0.05, 0) is 55.9 Å². The van der Waals surface area contributed by atoms with Crippen molar-refractivity contribution < 1.29 is 32.2 Å². The van der Waals surface area contributed by atoms with E-state index in [1.54, 1.807) is 0 Å². The second kappa shape index (κ2) is 11.4. The Hall–Kier alpha value is -1.59. The van der Waals surface area contributed by atoms with Gasteiger partial charge in [0.2, 0.25) is 15.9 Å². The molecule has 0 spiro atoms. The second-order valence-electron chi connectivity index (χ2n) is 9.67. The van der Waals surface area contributed by atoms with Gasteiger partial charge in [-0.25, -0.2) is 12.8 Å². The van der Waals surface area contributed by atoms with E-state index in [0.29, 0.717) is 25.3 Å². The van der Waals surface area contributed by atoms with E-state index in [0.717, 1.165) is 25.0 Å². The Morgan fingerprint density at radius 3 is 2.56 bits per heavy atom. The average Bonchev–Trinajstić information content (AvgIpc) is 2.81. The largest absolute Gasteiger partial charge is 0.389 e. The van der Waals surface area contributed by atoms with Crippen LogP contribution in [0.25, 0.3) is 0 Å². The number of nitrogens with zero attached hydrogens (tertiary/aromatic N) is 1. The highest BCUT2D eigenvalue weighted by Crippen LogP contribution is 2.31. The fourth-order valence-corrected chi connectivity index (χ4v) is 6.96. The molecule has 2 N–H and O–H groups in total. The summed E-state index contributed by atoms with van der Waals surface area (Å²) in [5.74, 6) is -0.0273. The number of amides is 1. The summed E-state index contributed by atoms with van der Waals surface area (Å²) in [7, 11) is -3.99. The Balaban J connectivity index is 1.40. The molecule has 10 heteroatoms. The zero-order valence-corrected chi connectivity index (χ0v) is 20.2. The molecular formula is C24H35FN2O6S. The van der Waals surface area contributed by atoms with Gasteiger partial charge in [0.25, 0.3) is 0 Å². The molecule has 1 aromatic rings. The number of fused-ring (bicyclic) bond motifs is 1. The molecule has 0 unspecified atom stereocenters. The highest BCUT2D eigenvalue weighted by molar-refractivity contribution is 7.89. The number of hydrogen-bond acceptors (Lipinski definition) is 6. The number of aliphatic hydroxyl groups is 1. The van der Waals surface area contributed by atoms with Crippen LogP contribution in [0.1, 0.15) is 51.4 Å². The topological polar surface area (TPSA) is 105 Å². The number of β-amino-alcohol motifs (C(OH)–C–C–N with tert-alkyl or cyclic N) is 1. The third kappa shape index (κ3) is 6.34. The van der Waals surface area contributed by atoms with Gasteiger partial charge < -0.3 is 19.9 Å². The molecule has 4 atom stereocenters. The Kier molecular flexibility index (Phi) is 8.57. The normalized spacial score (nSPS) is 29.6. The summed E-state index contributed by atoms with van der Waals surface area (Å²) >= 11 is 0. The van der Waals surface area contributed by atoms with Crippen LogP contribution in [0.15, 0.2) is 29.2 Å². The van der Waals surface area contributed by atoms with Crippen LogP contribution in [0.2, 0.25) is 0 Å². The summed E-state index contributed by atoms with van der Waals surface area (Å²) in [6, 6.07) is 4.11. The SMILES string of the molecule is O=C(C[C@H]1CC[C@@H]2[C@H](COC[C@H](O)CN2S(=O)(=O)c2ccc(F)cc2)O1)NCC1CCCCC1. The Morgan fingerprint density at radius 2 is 1.82 bits per heavy atom. The number of sulfonamides is 1. The first-order chi connectivity index (χ1) is 16.3. The summed E-state index contributed by atoms with van der Waals surface area (Å²) < 4.78 is 53.1. The molecule has 34 heavy (non-hydrogen) atoms. The maximum absolute atomic E-state index is 13.4. The second-order valence-corrected chi connectivity index (χ2v) is 11.6. The third-order valence-corrected chi connectivity index (χ3v) is 8.98. The number of aliphatic hydroxyl groups excluding tert-OH is 1. The van der Waals surface area contributed by atoms with Crippen LogP contribution >= 0.6 is 0 Å².